The summed E-state index contributed by atoms with van der Waals surface area (Å²) in [4.78, 5) is 2.41. The van der Waals surface area contributed by atoms with E-state index in [1.165, 1.54) is 0 Å². The van der Waals surface area contributed by atoms with Crippen molar-refractivity contribution in [3.05, 3.63) is 0 Å². The van der Waals surface area contributed by atoms with Crippen molar-refractivity contribution >= 4 is 0 Å². The van der Waals surface area contributed by atoms with Crippen LogP contribution in [0, 0.1) is 5.41 Å². The van der Waals surface area contributed by atoms with Gasteiger partial charge in [-0.1, -0.05) is 20.3 Å². The maximum Gasteiger partial charge on any atom is 0.0497 e. The molecule has 0 aliphatic carbocycles. The van der Waals surface area contributed by atoms with Gasteiger partial charge in [-0.3, -0.25) is 0 Å². The molecule has 0 radical (unpaired) electrons. The third-order valence-electron chi connectivity index (χ3n) is 3.68. The minimum atomic E-state index is 0.0573. The van der Waals surface area contributed by atoms with Gasteiger partial charge in [0.1, 0.15) is 0 Å². The first-order valence-electron chi connectivity index (χ1n) is 6.50. The van der Waals surface area contributed by atoms with Gasteiger partial charge in [-0.15, -0.1) is 0 Å². The SMILES string of the molecule is CCCC(C)(CO)CN(C)C1CCOCC1. The van der Waals surface area contributed by atoms with Crippen molar-refractivity contribution in [1.82, 2.24) is 4.90 Å². The summed E-state index contributed by atoms with van der Waals surface area (Å²) in [7, 11) is 2.18. The Morgan fingerprint density at radius 2 is 2.00 bits per heavy atom. The first kappa shape index (κ1) is 13.9. The highest BCUT2D eigenvalue weighted by atomic mass is 16.5. The second-order valence-electron chi connectivity index (χ2n) is 5.48. The van der Waals surface area contributed by atoms with Gasteiger partial charge in [-0.05, 0) is 26.3 Å². The van der Waals surface area contributed by atoms with Crippen LogP contribution >= 0.6 is 0 Å². The molecule has 0 aromatic heterocycles. The number of ether oxygens (including phenoxy) is 1. The molecule has 0 spiro atoms. The maximum atomic E-state index is 9.51. The average molecular weight is 229 g/mol. The van der Waals surface area contributed by atoms with Crippen LogP contribution < -0.4 is 0 Å². The van der Waals surface area contributed by atoms with Gasteiger partial charge < -0.3 is 14.7 Å². The van der Waals surface area contributed by atoms with Crippen LogP contribution in [0.15, 0.2) is 0 Å². The van der Waals surface area contributed by atoms with Crippen LogP contribution in [-0.4, -0.2) is 49.5 Å². The monoisotopic (exact) mass is 229 g/mol. The summed E-state index contributed by atoms with van der Waals surface area (Å²) in [6, 6.07) is 0.636. The Labute approximate surface area is 99.8 Å². The fourth-order valence-electron chi connectivity index (χ4n) is 2.67. The molecule has 1 aliphatic heterocycles. The predicted octanol–water partition coefficient (Wildman–Crippen LogP) is 1.90. The lowest BCUT2D eigenvalue weighted by Crippen LogP contribution is -2.43. The molecule has 1 aliphatic rings. The van der Waals surface area contributed by atoms with E-state index < -0.39 is 0 Å². The number of nitrogens with zero attached hydrogens (tertiary/aromatic N) is 1. The molecule has 1 unspecified atom stereocenters. The molecule has 96 valence electrons. The minimum Gasteiger partial charge on any atom is -0.396 e. The van der Waals surface area contributed by atoms with Crippen molar-refractivity contribution in [2.75, 3.05) is 33.4 Å². The Morgan fingerprint density at radius 1 is 1.38 bits per heavy atom. The lowest BCUT2D eigenvalue weighted by atomic mass is 9.85. The molecule has 16 heavy (non-hydrogen) atoms. The summed E-state index contributed by atoms with van der Waals surface area (Å²) in [6.45, 7) is 7.42. The molecule has 0 saturated carbocycles. The van der Waals surface area contributed by atoms with E-state index in [4.69, 9.17) is 4.74 Å². The topological polar surface area (TPSA) is 32.7 Å². The van der Waals surface area contributed by atoms with Crippen molar-refractivity contribution in [2.45, 2.75) is 45.6 Å². The van der Waals surface area contributed by atoms with E-state index in [1.54, 1.807) is 0 Å². The van der Waals surface area contributed by atoms with Crippen molar-refractivity contribution in [3.63, 3.8) is 0 Å². The molecule has 1 atom stereocenters. The predicted molar refractivity (Wildman–Crippen MR) is 66.6 cm³/mol. The molecule has 0 amide bonds. The molecule has 1 heterocycles. The van der Waals surface area contributed by atoms with E-state index in [1.807, 2.05) is 0 Å². The van der Waals surface area contributed by atoms with Gasteiger partial charge in [0.15, 0.2) is 0 Å². The van der Waals surface area contributed by atoms with Crippen LogP contribution in [0.25, 0.3) is 0 Å². The third-order valence-corrected chi connectivity index (χ3v) is 3.68. The fourth-order valence-corrected chi connectivity index (χ4v) is 2.67. The van der Waals surface area contributed by atoms with Gasteiger partial charge in [-0.2, -0.15) is 0 Å². The summed E-state index contributed by atoms with van der Waals surface area (Å²) >= 11 is 0. The molecule has 3 heteroatoms. The zero-order valence-electron chi connectivity index (χ0n) is 11.0. The van der Waals surface area contributed by atoms with Crippen LogP contribution in [0.4, 0.5) is 0 Å². The number of aliphatic hydroxyl groups is 1. The Bertz CT molecular complexity index is 192. The van der Waals surface area contributed by atoms with Gasteiger partial charge in [0.2, 0.25) is 0 Å². The van der Waals surface area contributed by atoms with Gasteiger partial charge in [0, 0.05) is 37.8 Å². The van der Waals surface area contributed by atoms with Crippen LogP contribution in [0.3, 0.4) is 0 Å². The van der Waals surface area contributed by atoms with Gasteiger partial charge >= 0.3 is 0 Å². The second kappa shape index (κ2) is 6.58. The van der Waals surface area contributed by atoms with Crippen LogP contribution in [0.5, 0.6) is 0 Å². The first-order valence-corrected chi connectivity index (χ1v) is 6.50. The van der Waals surface area contributed by atoms with Crippen LogP contribution in [0.2, 0.25) is 0 Å². The number of aliphatic hydroxyl groups excluding tert-OH is 1. The van der Waals surface area contributed by atoms with E-state index in [0.29, 0.717) is 6.04 Å². The van der Waals surface area contributed by atoms with E-state index in [9.17, 15) is 5.11 Å². The Morgan fingerprint density at radius 3 is 2.50 bits per heavy atom. The van der Waals surface area contributed by atoms with Crippen LogP contribution in [0.1, 0.15) is 39.5 Å². The van der Waals surface area contributed by atoms with Crippen molar-refractivity contribution in [2.24, 2.45) is 5.41 Å². The van der Waals surface area contributed by atoms with Crippen molar-refractivity contribution in [1.29, 1.82) is 0 Å². The number of hydrogen-bond acceptors (Lipinski definition) is 3. The molecule has 1 N–H and O–H groups in total. The average Bonchev–Trinajstić information content (AvgIpc) is 2.30. The molecule has 1 fully saturated rings. The summed E-state index contributed by atoms with van der Waals surface area (Å²) in [5.41, 5.74) is 0.0573. The summed E-state index contributed by atoms with van der Waals surface area (Å²) < 4.78 is 5.38. The van der Waals surface area contributed by atoms with Crippen LogP contribution in [-0.2, 0) is 4.74 Å². The summed E-state index contributed by atoms with van der Waals surface area (Å²) in [6.07, 6.45) is 4.49. The maximum absolute atomic E-state index is 9.51. The second-order valence-corrected chi connectivity index (χ2v) is 5.48. The summed E-state index contributed by atoms with van der Waals surface area (Å²) in [5.74, 6) is 0. The van der Waals surface area contributed by atoms with E-state index >= 15 is 0 Å². The zero-order chi connectivity index (χ0) is 12.0. The normalized spacial score (nSPS) is 22.3. The molecular formula is C13H27NO2. The molecule has 3 nitrogen and oxygen atoms in total. The van der Waals surface area contributed by atoms with Crippen molar-refractivity contribution < 1.29 is 9.84 Å². The van der Waals surface area contributed by atoms with E-state index in [2.05, 4.69) is 25.8 Å². The Balaban J connectivity index is 2.43. The molecular weight excluding hydrogens is 202 g/mol. The highest BCUT2D eigenvalue weighted by Gasteiger charge is 2.28. The summed E-state index contributed by atoms with van der Waals surface area (Å²) in [5, 5.41) is 9.51. The molecule has 0 aromatic carbocycles. The van der Waals surface area contributed by atoms with Gasteiger partial charge in [0.05, 0.1) is 0 Å². The van der Waals surface area contributed by atoms with Crippen molar-refractivity contribution in [3.8, 4) is 0 Å². The molecule has 0 aromatic rings. The fraction of sp³-hybridized carbons (Fsp3) is 1.00. The van der Waals surface area contributed by atoms with E-state index in [-0.39, 0.29) is 12.0 Å². The number of hydrogen-bond donors (Lipinski definition) is 1. The van der Waals surface area contributed by atoms with E-state index in [0.717, 1.165) is 45.4 Å². The highest BCUT2D eigenvalue weighted by Crippen LogP contribution is 2.25. The lowest BCUT2D eigenvalue weighted by Gasteiger charge is -2.38. The standard InChI is InChI=1S/C13H27NO2/c1-4-7-13(2,11-15)10-14(3)12-5-8-16-9-6-12/h12,15H,4-11H2,1-3H3. The quantitative estimate of drug-likeness (QED) is 0.755. The molecule has 0 bridgehead atoms. The first-order chi connectivity index (χ1) is 7.61. The largest absolute Gasteiger partial charge is 0.396 e. The smallest absolute Gasteiger partial charge is 0.0497 e. The minimum absolute atomic E-state index is 0.0573. The lowest BCUT2D eigenvalue weighted by molar-refractivity contribution is 0.0161. The Kier molecular flexibility index (Phi) is 5.73. The Hall–Kier alpha value is -0.120. The highest BCUT2D eigenvalue weighted by molar-refractivity contribution is 4.80. The molecule has 1 saturated heterocycles. The third kappa shape index (κ3) is 4.04. The number of rotatable bonds is 6. The van der Waals surface area contributed by atoms with Gasteiger partial charge in [0.25, 0.3) is 0 Å². The zero-order valence-corrected chi connectivity index (χ0v) is 11.0. The van der Waals surface area contributed by atoms with Gasteiger partial charge in [-0.25, -0.2) is 0 Å². The molecule has 1 rings (SSSR count).